The number of carboxylic acids is 2. The van der Waals surface area contributed by atoms with Gasteiger partial charge in [-0.15, -0.1) is 0 Å². The maximum absolute atomic E-state index is 12.2. The number of carbonyl (C=O) groups excluding carboxylic acids is 3. The average molecular weight is 1110 g/mol. The van der Waals surface area contributed by atoms with E-state index < -0.39 is 23.9 Å². The first-order valence-electron chi connectivity index (χ1n) is 25.9. The Kier molecular flexibility index (Phi) is 26.3. The standard InChI is InChI=1S/C18H16N2O2.C16H12N2O2.C15H14O.C8H8O2.C6H7N.C4H5NO2.CH4/c1-3-22-18(21)16-14-6-4-5-7-15(14)19-17(20-16)13-10-8-12(2)9-11-13;1-10-6-8-11(9-7-10)15-17-13-5-3-2-4-12(13)14(18-15)16(19)20;1-12-7-9-14(10-8-12)15(16)11-13-5-3-2-4-6-13;1-6-2-4-7(5-3-6)8(9)10;7-6-4-2-1-3-5-6;1-2-7-4(6)3-5;/h4-11H,3H2,1-2H3;2-9H,1H3,(H,19,20);2-10H,11H2,1H3;2-5H,1H3,(H,9,10);1-5H,7H2;2H2,1H3;1H4. The van der Waals surface area contributed by atoms with E-state index in [9.17, 15) is 29.1 Å². The molecule has 10 rings (SSSR count). The molecular formula is C68H66N6O9. The number of fused-ring (bicyclic) bond motifs is 2. The summed E-state index contributed by atoms with van der Waals surface area (Å²) >= 11 is 0. The largest absolute Gasteiger partial charge is 0.478 e. The van der Waals surface area contributed by atoms with Crippen molar-refractivity contribution in [3.05, 3.63) is 257 Å². The number of rotatable bonds is 10. The van der Waals surface area contributed by atoms with Crippen molar-refractivity contribution in [1.29, 1.82) is 5.26 Å². The summed E-state index contributed by atoms with van der Waals surface area (Å²) in [7, 11) is 0. The first-order chi connectivity index (χ1) is 39.5. The summed E-state index contributed by atoms with van der Waals surface area (Å²) in [6, 6.07) is 65.3. The molecule has 0 atom stereocenters. The van der Waals surface area contributed by atoms with Crippen molar-refractivity contribution in [2.45, 2.75) is 55.4 Å². The van der Waals surface area contributed by atoms with E-state index >= 15 is 0 Å². The van der Waals surface area contributed by atoms with Crippen molar-refractivity contribution < 1.29 is 43.7 Å². The van der Waals surface area contributed by atoms with Crippen molar-refractivity contribution >= 4 is 57.2 Å². The van der Waals surface area contributed by atoms with Gasteiger partial charge in [0.05, 0.1) is 29.8 Å². The van der Waals surface area contributed by atoms with E-state index in [0.29, 0.717) is 52.2 Å². The molecular weight excluding hydrogens is 1040 g/mol. The Hall–Kier alpha value is -10.7. The van der Waals surface area contributed by atoms with E-state index in [1.165, 1.54) is 11.6 Å². The van der Waals surface area contributed by atoms with Crippen molar-refractivity contribution in [1.82, 2.24) is 19.9 Å². The fraction of sp³-hybridized carbons (Fsp3) is 0.147. The number of nitriles is 1. The second kappa shape index (κ2) is 33.7. The van der Waals surface area contributed by atoms with Crippen LogP contribution in [0.2, 0.25) is 0 Å². The number of benzene rings is 8. The summed E-state index contributed by atoms with van der Waals surface area (Å²) in [5.41, 5.74) is 16.3. The van der Waals surface area contributed by atoms with Gasteiger partial charge in [-0.1, -0.05) is 200 Å². The summed E-state index contributed by atoms with van der Waals surface area (Å²) in [5.74, 6) is -2.03. The summed E-state index contributed by atoms with van der Waals surface area (Å²) in [4.78, 5) is 73.2. The third-order valence-corrected chi connectivity index (χ3v) is 11.5. The number of nitrogen functional groups attached to an aromatic ring is 1. The van der Waals surface area contributed by atoms with Crippen LogP contribution >= 0.6 is 0 Å². The van der Waals surface area contributed by atoms with Gasteiger partial charge < -0.3 is 25.4 Å². The maximum Gasteiger partial charge on any atom is 0.411 e. The molecule has 8 aromatic carbocycles. The van der Waals surface area contributed by atoms with Crippen LogP contribution in [-0.4, -0.2) is 73.0 Å². The van der Waals surface area contributed by atoms with E-state index in [1.807, 2.05) is 191 Å². The predicted molar refractivity (Wildman–Crippen MR) is 326 cm³/mol. The van der Waals surface area contributed by atoms with Gasteiger partial charge in [0.1, 0.15) is 0 Å². The highest BCUT2D eigenvalue weighted by molar-refractivity contribution is 6.03. The van der Waals surface area contributed by atoms with Crippen LogP contribution in [-0.2, 0) is 20.7 Å². The van der Waals surface area contributed by atoms with Crippen LogP contribution in [0.4, 0.5) is 5.69 Å². The number of carbonyl (C=O) groups is 5. The minimum atomic E-state index is -1.04. The molecule has 0 unspecified atom stereocenters. The third kappa shape index (κ3) is 21.1. The molecule has 15 nitrogen and oxygen atoms in total. The minimum Gasteiger partial charge on any atom is -0.478 e. The van der Waals surface area contributed by atoms with Crippen LogP contribution in [0, 0.1) is 39.0 Å². The molecule has 2 aromatic heterocycles. The molecule has 4 N–H and O–H groups in total. The smallest absolute Gasteiger partial charge is 0.411 e. The van der Waals surface area contributed by atoms with E-state index in [-0.39, 0.29) is 25.5 Å². The normalized spacial score (nSPS) is 9.75. The molecule has 15 heteroatoms. The lowest BCUT2D eigenvalue weighted by atomic mass is 10.0. The lowest BCUT2D eigenvalue weighted by molar-refractivity contribution is -0.136. The molecule has 2 heterocycles. The fourth-order valence-corrected chi connectivity index (χ4v) is 7.27. The molecule has 0 spiro atoms. The summed E-state index contributed by atoms with van der Waals surface area (Å²) in [6.45, 7) is 12.0. The molecule has 83 heavy (non-hydrogen) atoms. The number of aromatic carboxylic acids is 2. The van der Waals surface area contributed by atoms with Gasteiger partial charge in [-0.3, -0.25) is 4.79 Å². The monoisotopic (exact) mass is 1110 g/mol. The number of nitrogens with zero attached hydrogens (tertiary/aromatic N) is 5. The van der Waals surface area contributed by atoms with E-state index in [1.54, 1.807) is 56.3 Å². The van der Waals surface area contributed by atoms with Crippen molar-refractivity contribution in [2.75, 3.05) is 18.9 Å². The number of hydrogen-bond acceptors (Lipinski definition) is 13. The molecule has 0 aliphatic rings. The highest BCUT2D eigenvalue weighted by Gasteiger charge is 2.17. The topological polar surface area (TPSA) is 246 Å². The van der Waals surface area contributed by atoms with E-state index in [2.05, 4.69) is 24.7 Å². The maximum atomic E-state index is 12.2. The van der Waals surface area contributed by atoms with Gasteiger partial charge in [0.2, 0.25) is 0 Å². The van der Waals surface area contributed by atoms with Gasteiger partial charge in [0.15, 0.2) is 34.9 Å². The number of Topliss-reactive ketones (excluding diaryl/α,β-unsaturated/α-hetero) is 1. The number of hydrogen-bond donors (Lipinski definition) is 3. The number of carboxylic acid groups (broad SMARTS) is 2. The Morgan fingerprint density at radius 2 is 0.855 bits per heavy atom. The zero-order valence-corrected chi connectivity index (χ0v) is 46.3. The Morgan fingerprint density at radius 1 is 0.470 bits per heavy atom. The summed E-state index contributed by atoms with van der Waals surface area (Å²) < 4.78 is 9.31. The van der Waals surface area contributed by atoms with Crippen LogP contribution in [0.3, 0.4) is 0 Å². The lowest BCUT2D eigenvalue weighted by Gasteiger charge is -2.08. The molecule has 0 radical (unpaired) electrons. The van der Waals surface area contributed by atoms with Gasteiger partial charge in [0, 0.05) is 39.6 Å². The zero-order chi connectivity index (χ0) is 59.4. The number of anilines is 1. The molecule has 0 aliphatic heterocycles. The molecule has 0 bridgehead atoms. The predicted octanol–water partition coefficient (Wildman–Crippen LogP) is 14.2. The number of ether oxygens (including phenoxy) is 2. The number of esters is 2. The molecule has 0 saturated carbocycles. The molecule has 422 valence electrons. The Bertz CT molecular complexity index is 3740. The van der Waals surface area contributed by atoms with Gasteiger partial charge in [-0.05, 0) is 83.5 Å². The second-order valence-electron chi connectivity index (χ2n) is 17.9. The van der Waals surface area contributed by atoms with Crippen molar-refractivity contribution in [3.63, 3.8) is 0 Å². The highest BCUT2D eigenvalue weighted by atomic mass is 16.5. The number of ketones is 1. The average Bonchev–Trinajstić information content (AvgIpc) is 3.66. The highest BCUT2D eigenvalue weighted by Crippen LogP contribution is 2.24. The van der Waals surface area contributed by atoms with E-state index in [0.717, 1.165) is 50.1 Å². The van der Waals surface area contributed by atoms with Gasteiger partial charge in [-0.2, -0.15) is 5.26 Å². The minimum absolute atomic E-state index is 0. The van der Waals surface area contributed by atoms with Gasteiger partial charge in [-0.25, -0.2) is 39.1 Å². The van der Waals surface area contributed by atoms with Gasteiger partial charge >= 0.3 is 23.9 Å². The quantitative estimate of drug-likeness (QED) is 0.0499. The molecule has 10 aromatic rings. The Labute approximate surface area is 483 Å². The van der Waals surface area contributed by atoms with Gasteiger partial charge in [0.25, 0.3) is 0 Å². The second-order valence-corrected chi connectivity index (χ2v) is 17.9. The fourth-order valence-electron chi connectivity index (χ4n) is 7.27. The Balaban J connectivity index is 0.000000224. The number of aromatic nitrogens is 4. The van der Waals surface area contributed by atoms with Crippen LogP contribution < -0.4 is 5.73 Å². The number of aryl methyl sites for hydroxylation is 4. The Morgan fingerprint density at radius 3 is 1.24 bits per heavy atom. The van der Waals surface area contributed by atoms with Crippen LogP contribution in [0.1, 0.15) is 90.8 Å². The first-order valence-corrected chi connectivity index (χ1v) is 25.9. The van der Waals surface area contributed by atoms with Crippen LogP contribution in [0.15, 0.2) is 206 Å². The molecule has 0 aliphatic carbocycles. The zero-order valence-electron chi connectivity index (χ0n) is 46.3. The number of para-hydroxylation sites is 3. The van der Waals surface area contributed by atoms with Crippen LogP contribution in [0.25, 0.3) is 44.6 Å². The van der Waals surface area contributed by atoms with E-state index in [4.69, 9.17) is 20.8 Å². The van der Waals surface area contributed by atoms with Crippen molar-refractivity contribution in [2.24, 2.45) is 0 Å². The summed E-state index contributed by atoms with van der Waals surface area (Å²) in [6.07, 6.45) is 0.476. The summed E-state index contributed by atoms with van der Waals surface area (Å²) in [5, 5.41) is 26.8. The first kappa shape index (κ1) is 64.8. The number of nitrogens with two attached hydrogens (primary N) is 1. The molecule has 0 saturated heterocycles. The molecule has 0 fully saturated rings. The lowest BCUT2D eigenvalue weighted by Crippen LogP contribution is -2.09. The van der Waals surface area contributed by atoms with Crippen molar-refractivity contribution in [3.8, 4) is 28.8 Å². The third-order valence-electron chi connectivity index (χ3n) is 11.5. The SMILES string of the molecule is C.CCOC(=O)C#N.CCOC(=O)c1nc(-c2ccc(C)cc2)nc2ccccc12.Cc1ccc(-c2nc(C(=O)O)c3ccccc3n2)cc1.Cc1ccc(C(=O)Cc2ccccc2)cc1.Cc1ccc(C(=O)O)cc1.Nc1ccccc1. The molecule has 0 amide bonds. The van der Waals surface area contributed by atoms with Crippen LogP contribution in [0.5, 0.6) is 0 Å².